The molecule has 0 saturated carbocycles. The molecule has 0 aliphatic carbocycles. The second-order valence-corrected chi connectivity index (χ2v) is 6.46. The Bertz CT molecular complexity index is 727. The number of thiophene rings is 1. The van der Waals surface area contributed by atoms with Gasteiger partial charge in [-0.15, -0.1) is 11.3 Å². The Hall–Kier alpha value is -2.34. The van der Waals surface area contributed by atoms with Gasteiger partial charge in [-0.3, -0.25) is 9.59 Å². The van der Waals surface area contributed by atoms with Crippen molar-refractivity contribution in [3.05, 3.63) is 46.2 Å². The van der Waals surface area contributed by atoms with Gasteiger partial charge in [-0.05, 0) is 43.0 Å². The molecule has 2 heterocycles. The predicted octanol–water partition coefficient (Wildman–Crippen LogP) is 2.46. The molecule has 120 valence electrons. The van der Waals surface area contributed by atoms with Crippen molar-refractivity contribution < 1.29 is 14.3 Å². The smallest absolute Gasteiger partial charge is 0.267 e. The van der Waals surface area contributed by atoms with E-state index < -0.39 is 6.10 Å². The van der Waals surface area contributed by atoms with E-state index in [2.05, 4.69) is 11.4 Å². The van der Waals surface area contributed by atoms with E-state index in [0.29, 0.717) is 23.5 Å². The molecule has 0 spiro atoms. The van der Waals surface area contributed by atoms with Crippen LogP contribution < -0.4 is 15.0 Å². The molecule has 2 aromatic rings. The van der Waals surface area contributed by atoms with Crippen molar-refractivity contribution in [2.24, 2.45) is 0 Å². The third-order valence-corrected chi connectivity index (χ3v) is 4.74. The number of anilines is 1. The van der Waals surface area contributed by atoms with Gasteiger partial charge in [0.1, 0.15) is 5.75 Å². The molecule has 1 N–H and O–H groups in total. The molecule has 23 heavy (non-hydrogen) atoms. The normalized spacial score (nSPS) is 16.7. The van der Waals surface area contributed by atoms with Crippen LogP contribution in [0.15, 0.2) is 35.7 Å². The summed E-state index contributed by atoms with van der Waals surface area (Å²) in [6.45, 7) is 2.30. The SMILES string of the molecule is CC1Oc2ccc(C(=O)NCCc3cccs3)cc2N(C)C1=O. The van der Waals surface area contributed by atoms with Crippen LogP contribution in [-0.2, 0) is 11.2 Å². The molecule has 1 aliphatic rings. The molecule has 6 heteroatoms. The van der Waals surface area contributed by atoms with Crippen molar-refractivity contribution >= 4 is 28.8 Å². The second kappa shape index (κ2) is 6.42. The van der Waals surface area contributed by atoms with Gasteiger partial charge in [-0.1, -0.05) is 6.07 Å². The molecular formula is C17H18N2O3S. The van der Waals surface area contributed by atoms with Gasteiger partial charge >= 0.3 is 0 Å². The summed E-state index contributed by atoms with van der Waals surface area (Å²) in [5.74, 6) is 0.353. The highest BCUT2D eigenvalue weighted by atomic mass is 32.1. The molecule has 0 bridgehead atoms. The largest absolute Gasteiger partial charge is 0.479 e. The van der Waals surface area contributed by atoms with Crippen LogP contribution in [0.25, 0.3) is 0 Å². The van der Waals surface area contributed by atoms with Crippen molar-refractivity contribution in [3.8, 4) is 5.75 Å². The standard InChI is InChI=1S/C17H18N2O3S/c1-11-17(21)19(2)14-10-12(5-6-15(14)22-11)16(20)18-8-7-13-4-3-9-23-13/h3-6,9-11H,7-8H2,1-2H3,(H,18,20). The first-order chi connectivity index (χ1) is 11.1. The zero-order chi connectivity index (χ0) is 16.4. The van der Waals surface area contributed by atoms with E-state index in [0.717, 1.165) is 6.42 Å². The van der Waals surface area contributed by atoms with E-state index in [-0.39, 0.29) is 11.8 Å². The van der Waals surface area contributed by atoms with Crippen LogP contribution in [-0.4, -0.2) is 31.5 Å². The van der Waals surface area contributed by atoms with E-state index in [9.17, 15) is 9.59 Å². The zero-order valence-corrected chi connectivity index (χ0v) is 13.9. The van der Waals surface area contributed by atoms with Crippen molar-refractivity contribution in [3.63, 3.8) is 0 Å². The van der Waals surface area contributed by atoms with Crippen LogP contribution in [0.5, 0.6) is 5.75 Å². The van der Waals surface area contributed by atoms with E-state index in [4.69, 9.17) is 4.74 Å². The zero-order valence-electron chi connectivity index (χ0n) is 13.0. The minimum Gasteiger partial charge on any atom is -0.479 e. The number of nitrogens with one attached hydrogen (secondary N) is 1. The molecule has 0 radical (unpaired) electrons. The number of amides is 2. The van der Waals surface area contributed by atoms with Gasteiger partial charge in [0.05, 0.1) is 5.69 Å². The summed E-state index contributed by atoms with van der Waals surface area (Å²) in [6.07, 6.45) is 0.311. The van der Waals surface area contributed by atoms with Gasteiger partial charge in [0, 0.05) is 24.0 Å². The van der Waals surface area contributed by atoms with Crippen molar-refractivity contribution in [1.82, 2.24) is 5.32 Å². The number of likely N-dealkylation sites (N-methyl/N-ethyl adjacent to an activating group) is 1. The number of nitrogens with zero attached hydrogens (tertiary/aromatic N) is 1. The Labute approximate surface area is 138 Å². The number of benzene rings is 1. The topological polar surface area (TPSA) is 58.6 Å². The van der Waals surface area contributed by atoms with Crippen molar-refractivity contribution in [2.75, 3.05) is 18.5 Å². The Morgan fingerprint density at radius 3 is 2.96 bits per heavy atom. The van der Waals surface area contributed by atoms with Crippen molar-refractivity contribution in [1.29, 1.82) is 0 Å². The number of hydrogen-bond acceptors (Lipinski definition) is 4. The summed E-state index contributed by atoms with van der Waals surface area (Å²) in [5, 5.41) is 4.92. The van der Waals surface area contributed by atoms with Gasteiger partial charge in [-0.2, -0.15) is 0 Å². The lowest BCUT2D eigenvalue weighted by molar-refractivity contribution is -0.125. The predicted molar refractivity (Wildman–Crippen MR) is 90.3 cm³/mol. The van der Waals surface area contributed by atoms with Crippen LogP contribution in [0.3, 0.4) is 0 Å². The third kappa shape index (κ3) is 3.22. The van der Waals surface area contributed by atoms with E-state index in [1.807, 2.05) is 11.4 Å². The van der Waals surface area contributed by atoms with Gasteiger partial charge in [0.25, 0.3) is 11.8 Å². The lowest BCUT2D eigenvalue weighted by Gasteiger charge is -2.30. The summed E-state index contributed by atoms with van der Waals surface area (Å²) in [5.41, 5.74) is 1.15. The first-order valence-electron chi connectivity index (χ1n) is 7.45. The monoisotopic (exact) mass is 330 g/mol. The summed E-state index contributed by atoms with van der Waals surface area (Å²) in [4.78, 5) is 27.0. The summed E-state index contributed by atoms with van der Waals surface area (Å²) < 4.78 is 5.56. The molecule has 1 aromatic heterocycles. The first kappa shape index (κ1) is 15.6. The Morgan fingerprint density at radius 2 is 2.22 bits per heavy atom. The van der Waals surface area contributed by atoms with E-state index in [1.54, 1.807) is 43.5 Å². The van der Waals surface area contributed by atoms with Gasteiger partial charge in [-0.25, -0.2) is 0 Å². The second-order valence-electron chi connectivity index (χ2n) is 5.43. The maximum Gasteiger partial charge on any atom is 0.267 e. The number of rotatable bonds is 4. The van der Waals surface area contributed by atoms with Crippen LogP contribution >= 0.6 is 11.3 Å². The molecule has 2 amide bonds. The fourth-order valence-electron chi connectivity index (χ4n) is 2.51. The summed E-state index contributed by atoms with van der Waals surface area (Å²) >= 11 is 1.68. The fourth-order valence-corrected chi connectivity index (χ4v) is 3.22. The maximum absolute atomic E-state index is 12.3. The molecule has 3 rings (SSSR count). The third-order valence-electron chi connectivity index (χ3n) is 3.80. The first-order valence-corrected chi connectivity index (χ1v) is 8.33. The van der Waals surface area contributed by atoms with Crippen LogP contribution in [0.2, 0.25) is 0 Å². The average molecular weight is 330 g/mol. The van der Waals surface area contributed by atoms with Crippen LogP contribution in [0, 0.1) is 0 Å². The van der Waals surface area contributed by atoms with Crippen molar-refractivity contribution in [2.45, 2.75) is 19.4 Å². The summed E-state index contributed by atoms with van der Waals surface area (Å²) in [6, 6.07) is 9.20. The molecule has 0 fully saturated rings. The van der Waals surface area contributed by atoms with Crippen LogP contribution in [0.1, 0.15) is 22.2 Å². The van der Waals surface area contributed by atoms with Crippen LogP contribution in [0.4, 0.5) is 5.69 Å². The number of carbonyl (C=O) groups excluding carboxylic acids is 2. The van der Waals surface area contributed by atoms with E-state index >= 15 is 0 Å². The number of ether oxygens (including phenoxy) is 1. The highest BCUT2D eigenvalue weighted by Gasteiger charge is 2.29. The minimum absolute atomic E-state index is 0.118. The number of fused-ring (bicyclic) bond motifs is 1. The molecular weight excluding hydrogens is 312 g/mol. The van der Waals surface area contributed by atoms with Gasteiger partial charge in [0.15, 0.2) is 6.10 Å². The molecule has 1 unspecified atom stereocenters. The molecule has 0 saturated heterocycles. The summed E-state index contributed by atoms with van der Waals surface area (Å²) in [7, 11) is 1.69. The van der Waals surface area contributed by atoms with E-state index in [1.165, 1.54) is 9.78 Å². The Morgan fingerprint density at radius 1 is 1.39 bits per heavy atom. The molecule has 1 aromatic carbocycles. The number of hydrogen-bond donors (Lipinski definition) is 1. The molecule has 5 nitrogen and oxygen atoms in total. The average Bonchev–Trinajstić information content (AvgIpc) is 3.06. The quantitative estimate of drug-likeness (QED) is 0.937. The molecule has 1 aliphatic heterocycles. The highest BCUT2D eigenvalue weighted by molar-refractivity contribution is 7.09. The fraction of sp³-hybridized carbons (Fsp3) is 0.294. The maximum atomic E-state index is 12.3. The lowest BCUT2D eigenvalue weighted by atomic mass is 10.1. The molecule has 1 atom stereocenters. The Kier molecular flexibility index (Phi) is 4.34. The lowest BCUT2D eigenvalue weighted by Crippen LogP contribution is -2.42. The highest BCUT2D eigenvalue weighted by Crippen LogP contribution is 2.33. The van der Waals surface area contributed by atoms with Gasteiger partial charge in [0.2, 0.25) is 0 Å². The minimum atomic E-state index is -0.502. The number of carbonyl (C=O) groups is 2. The van der Waals surface area contributed by atoms with Gasteiger partial charge < -0.3 is 15.0 Å². The Balaban J connectivity index is 1.69.